The molecule has 1 aliphatic carbocycles. The molecule has 294 valence electrons. The van der Waals surface area contributed by atoms with Crippen molar-refractivity contribution in [1.29, 1.82) is 0 Å². The molecule has 0 radical (unpaired) electrons. The van der Waals surface area contributed by atoms with Crippen LogP contribution in [0.3, 0.4) is 0 Å². The molecule has 1 amide bonds. The Kier molecular flexibility index (Phi) is 9.73. The number of fused-ring (bicyclic) bond motifs is 2. The van der Waals surface area contributed by atoms with Crippen LogP contribution in [-0.2, 0) is 11.2 Å². The molecule has 15 nitrogen and oxygen atoms in total. The van der Waals surface area contributed by atoms with Gasteiger partial charge in [-0.1, -0.05) is 11.6 Å². The van der Waals surface area contributed by atoms with Gasteiger partial charge in [0.15, 0.2) is 11.5 Å². The molecule has 0 bridgehead atoms. The molecule has 5 aromatic rings. The van der Waals surface area contributed by atoms with E-state index in [1.807, 2.05) is 42.2 Å². The van der Waals surface area contributed by atoms with Crippen molar-refractivity contribution in [3.8, 4) is 17.2 Å². The van der Waals surface area contributed by atoms with Crippen LogP contribution in [0.15, 0.2) is 64.6 Å². The van der Waals surface area contributed by atoms with E-state index in [0.717, 1.165) is 30.0 Å². The minimum absolute atomic E-state index is 0.0520. The molecule has 57 heavy (non-hydrogen) atoms. The fraction of sp³-hybridized carbons (Fsp3) is 0.317. The van der Waals surface area contributed by atoms with Crippen LogP contribution >= 0.6 is 0 Å². The molecule has 8 rings (SSSR count). The highest BCUT2D eigenvalue weighted by molar-refractivity contribution is 6.54. The van der Waals surface area contributed by atoms with Crippen LogP contribution in [0.4, 0.5) is 27.5 Å². The molecule has 16 heteroatoms. The standard InChI is InChI=1S/C41H41FN8O7/c1-22-5-8-30-26(13-22)35(45-41-44-19-24(38(43)46-41)14-23-15-33(55-2)37(57-4)34(16-23)56-3)39(52)50(30)21-47-9-11-48(12-10-47)32-18-31-27(17-29(32)42)36(51)28(40(53)54)20-49(31)25-6-7-25/h5,8,13,15-20,25H,6-7,9-12,14,21H2,1-4H3,(H,53,54)(H2,43,44,46)/b45-35-. The number of carboxylic acid groups (broad SMARTS) is 1. The second-order valence-electron chi connectivity index (χ2n) is 14.4. The summed E-state index contributed by atoms with van der Waals surface area (Å²) in [4.78, 5) is 58.1. The third-order valence-electron chi connectivity index (χ3n) is 10.7. The average Bonchev–Trinajstić information content (AvgIpc) is 4.02. The lowest BCUT2D eigenvalue weighted by Gasteiger charge is -2.38. The van der Waals surface area contributed by atoms with Crippen molar-refractivity contribution in [2.75, 3.05) is 69.7 Å². The van der Waals surface area contributed by atoms with Crippen molar-refractivity contribution >= 4 is 51.6 Å². The first-order valence-corrected chi connectivity index (χ1v) is 18.5. The number of carboxylic acids is 1. The Balaban J connectivity index is 0.996. The van der Waals surface area contributed by atoms with Crippen molar-refractivity contribution < 1.29 is 33.3 Å². The predicted molar refractivity (Wildman–Crippen MR) is 212 cm³/mol. The number of nitrogen functional groups attached to an aromatic ring is 1. The number of hydrogen-bond donors (Lipinski definition) is 2. The maximum absolute atomic E-state index is 15.6. The number of pyridine rings is 1. The van der Waals surface area contributed by atoms with Crippen LogP contribution in [0, 0.1) is 12.7 Å². The second-order valence-corrected chi connectivity index (χ2v) is 14.4. The molecular formula is C41H41FN8O7. The maximum atomic E-state index is 15.6. The number of ether oxygens (including phenoxy) is 3. The summed E-state index contributed by atoms with van der Waals surface area (Å²) in [5.74, 6) is -0.465. The average molecular weight is 777 g/mol. The smallest absolute Gasteiger partial charge is 0.341 e. The molecule has 2 aliphatic heterocycles. The van der Waals surface area contributed by atoms with E-state index < -0.39 is 17.2 Å². The number of aromatic nitrogens is 3. The van der Waals surface area contributed by atoms with E-state index in [0.29, 0.717) is 77.9 Å². The first kappa shape index (κ1) is 37.4. The lowest BCUT2D eigenvalue weighted by molar-refractivity contribution is -0.112. The van der Waals surface area contributed by atoms with Gasteiger partial charge in [0.2, 0.25) is 11.2 Å². The number of anilines is 3. The number of nitrogens with two attached hydrogens (primary N) is 1. The fourth-order valence-electron chi connectivity index (χ4n) is 7.57. The Hall–Kier alpha value is -6.55. The first-order valence-electron chi connectivity index (χ1n) is 18.5. The molecule has 2 aromatic heterocycles. The number of benzene rings is 3. The highest BCUT2D eigenvalue weighted by Gasteiger charge is 2.36. The van der Waals surface area contributed by atoms with E-state index >= 15 is 4.39 Å². The number of rotatable bonds is 11. The van der Waals surface area contributed by atoms with Gasteiger partial charge in [0.1, 0.15) is 22.9 Å². The van der Waals surface area contributed by atoms with Gasteiger partial charge < -0.3 is 34.5 Å². The zero-order chi connectivity index (χ0) is 40.1. The number of methoxy groups -OCH3 is 3. The normalized spacial score (nSPS) is 16.4. The van der Waals surface area contributed by atoms with Crippen LogP contribution in [0.5, 0.6) is 17.2 Å². The fourth-order valence-corrected chi connectivity index (χ4v) is 7.57. The molecule has 4 heterocycles. The summed E-state index contributed by atoms with van der Waals surface area (Å²) < 4.78 is 33.8. The molecule has 3 N–H and O–H groups in total. The number of carbonyl (C=O) groups is 2. The lowest BCUT2D eigenvalue weighted by Crippen LogP contribution is -2.51. The highest BCUT2D eigenvalue weighted by Crippen LogP contribution is 2.40. The van der Waals surface area contributed by atoms with Crippen molar-refractivity contribution in [3.63, 3.8) is 0 Å². The summed E-state index contributed by atoms with van der Waals surface area (Å²) in [6.07, 6.45) is 5.07. The van der Waals surface area contributed by atoms with Crippen LogP contribution in [0.25, 0.3) is 10.9 Å². The van der Waals surface area contributed by atoms with Crippen molar-refractivity contribution in [3.05, 3.63) is 98.7 Å². The summed E-state index contributed by atoms with van der Waals surface area (Å²) in [5.41, 5.74) is 10.2. The minimum atomic E-state index is -1.33. The largest absolute Gasteiger partial charge is 0.493 e. The summed E-state index contributed by atoms with van der Waals surface area (Å²) in [7, 11) is 4.63. The third kappa shape index (κ3) is 6.96. The summed E-state index contributed by atoms with van der Waals surface area (Å²) in [6, 6.07) is 12.3. The molecule has 0 unspecified atom stereocenters. The van der Waals surface area contributed by atoms with E-state index in [-0.39, 0.29) is 47.0 Å². The third-order valence-corrected chi connectivity index (χ3v) is 10.7. The lowest BCUT2D eigenvalue weighted by atomic mass is 10.1. The highest BCUT2D eigenvalue weighted by atomic mass is 19.1. The summed E-state index contributed by atoms with van der Waals surface area (Å²) in [5, 5.41) is 9.65. The van der Waals surface area contributed by atoms with Gasteiger partial charge in [0.25, 0.3) is 11.9 Å². The molecule has 3 aromatic carbocycles. The molecule has 0 atom stereocenters. The molecule has 2 fully saturated rings. The van der Waals surface area contributed by atoms with Gasteiger partial charge in [-0.3, -0.25) is 19.4 Å². The van der Waals surface area contributed by atoms with E-state index in [1.54, 1.807) is 35.9 Å². The van der Waals surface area contributed by atoms with Gasteiger partial charge in [-0.25, -0.2) is 19.2 Å². The van der Waals surface area contributed by atoms with Crippen LogP contribution in [0.1, 0.15) is 51.5 Å². The van der Waals surface area contributed by atoms with Gasteiger partial charge >= 0.3 is 5.97 Å². The molecular weight excluding hydrogens is 735 g/mol. The monoisotopic (exact) mass is 776 g/mol. The second kappa shape index (κ2) is 14.8. The quantitative estimate of drug-likeness (QED) is 0.189. The van der Waals surface area contributed by atoms with E-state index in [4.69, 9.17) is 19.9 Å². The maximum Gasteiger partial charge on any atom is 0.341 e. The van der Waals surface area contributed by atoms with Gasteiger partial charge in [-0.05, 0) is 61.7 Å². The number of aryl methyl sites for hydroxylation is 1. The van der Waals surface area contributed by atoms with Crippen LogP contribution < -0.4 is 35.2 Å². The predicted octanol–water partition coefficient (Wildman–Crippen LogP) is 4.72. The Labute approximate surface area is 326 Å². The Morgan fingerprint density at radius 1 is 0.982 bits per heavy atom. The summed E-state index contributed by atoms with van der Waals surface area (Å²) >= 11 is 0. The molecule has 3 aliphatic rings. The number of nitrogens with zero attached hydrogens (tertiary/aromatic N) is 7. The number of amides is 1. The van der Waals surface area contributed by atoms with Crippen molar-refractivity contribution in [1.82, 2.24) is 19.4 Å². The van der Waals surface area contributed by atoms with E-state index in [1.165, 1.54) is 13.3 Å². The number of hydrogen-bond acceptors (Lipinski definition) is 12. The van der Waals surface area contributed by atoms with Crippen LogP contribution in [0.2, 0.25) is 0 Å². The van der Waals surface area contributed by atoms with Gasteiger partial charge in [-0.2, -0.15) is 4.98 Å². The Morgan fingerprint density at radius 2 is 1.70 bits per heavy atom. The van der Waals surface area contributed by atoms with Gasteiger partial charge in [-0.15, -0.1) is 0 Å². The van der Waals surface area contributed by atoms with E-state index in [2.05, 4.69) is 19.9 Å². The molecule has 0 spiro atoms. The zero-order valence-corrected chi connectivity index (χ0v) is 31.9. The zero-order valence-electron chi connectivity index (χ0n) is 31.9. The summed E-state index contributed by atoms with van der Waals surface area (Å²) in [6.45, 7) is 4.19. The van der Waals surface area contributed by atoms with Crippen LogP contribution in [-0.4, -0.2) is 96.3 Å². The SMILES string of the molecule is COc1cc(Cc2cnc(/N=C3\C(=O)N(CN4CCN(c5cc6c(cc5F)c(=O)c(C(=O)O)cn6C5CC5)CC4)c4ccc(C)cc43)nc2N)cc(OC)c1OC. The number of piperazine rings is 1. The van der Waals surface area contributed by atoms with Crippen molar-refractivity contribution in [2.45, 2.75) is 32.2 Å². The molecule has 1 saturated heterocycles. The number of aromatic carboxylic acids is 1. The van der Waals surface area contributed by atoms with Crippen molar-refractivity contribution in [2.24, 2.45) is 4.99 Å². The number of carbonyl (C=O) groups excluding carboxylic acids is 1. The topological polar surface area (TPSA) is 178 Å². The van der Waals surface area contributed by atoms with Gasteiger partial charge in [0.05, 0.1) is 44.9 Å². The minimum Gasteiger partial charge on any atom is -0.493 e. The number of halogens is 1. The van der Waals surface area contributed by atoms with E-state index in [9.17, 15) is 19.5 Å². The first-order chi connectivity index (χ1) is 27.5. The Morgan fingerprint density at radius 3 is 2.33 bits per heavy atom. The Bertz CT molecular complexity index is 2520. The van der Waals surface area contributed by atoms with Gasteiger partial charge in [0, 0.05) is 67.5 Å². The molecule has 1 saturated carbocycles. The number of aliphatic imine (C=N–C) groups is 1.